The van der Waals surface area contributed by atoms with E-state index < -0.39 is 0 Å². The van der Waals surface area contributed by atoms with Crippen LogP contribution in [0.2, 0.25) is 0 Å². The van der Waals surface area contributed by atoms with E-state index in [2.05, 4.69) is 11.9 Å². The number of furan rings is 1. The Morgan fingerprint density at radius 1 is 1.37 bits per heavy atom. The molecule has 0 fully saturated rings. The number of phenols is 1. The zero-order chi connectivity index (χ0) is 13.8. The van der Waals surface area contributed by atoms with Crippen LogP contribution in [0.25, 0.3) is 0 Å². The number of benzene rings is 1. The van der Waals surface area contributed by atoms with Crippen LogP contribution in [0, 0.1) is 6.92 Å². The molecule has 1 aromatic heterocycles. The molecule has 0 amide bonds. The Balaban J connectivity index is 1.96. The minimum atomic E-state index is -0.134. The fraction of sp³-hybridized carbons (Fsp3) is 0.133. The number of aryl methyl sites for hydroxylation is 1. The molecule has 0 aliphatic heterocycles. The van der Waals surface area contributed by atoms with Gasteiger partial charge in [0, 0.05) is 17.5 Å². The molecule has 0 unspecified atom stereocenters. The molecular formula is C15H15NO3. The third-order valence-electron chi connectivity index (χ3n) is 2.56. The van der Waals surface area contributed by atoms with Crippen LogP contribution in [0.5, 0.6) is 5.75 Å². The van der Waals surface area contributed by atoms with Crippen molar-refractivity contribution in [3.63, 3.8) is 0 Å². The summed E-state index contributed by atoms with van der Waals surface area (Å²) in [5.41, 5.74) is 1.23. The Morgan fingerprint density at radius 2 is 2.16 bits per heavy atom. The second kappa shape index (κ2) is 5.44. The lowest BCUT2D eigenvalue weighted by Gasteiger charge is -2.08. The van der Waals surface area contributed by atoms with E-state index in [0.29, 0.717) is 22.9 Å². The van der Waals surface area contributed by atoms with E-state index in [4.69, 9.17) is 4.42 Å². The van der Waals surface area contributed by atoms with Crippen LogP contribution in [0.4, 0.5) is 5.69 Å². The molecule has 4 heteroatoms. The van der Waals surface area contributed by atoms with Crippen LogP contribution in [-0.4, -0.2) is 10.9 Å². The number of ketones is 1. The van der Waals surface area contributed by atoms with E-state index in [9.17, 15) is 9.90 Å². The van der Waals surface area contributed by atoms with Crippen LogP contribution >= 0.6 is 0 Å². The largest absolute Gasteiger partial charge is 0.508 e. The number of allylic oxidation sites excluding steroid dienone is 1. The van der Waals surface area contributed by atoms with Gasteiger partial charge in [-0.15, -0.1) is 0 Å². The number of hydrogen-bond donors (Lipinski definition) is 2. The summed E-state index contributed by atoms with van der Waals surface area (Å²) in [7, 11) is 0. The summed E-state index contributed by atoms with van der Waals surface area (Å²) in [6, 6.07) is 10.0. The van der Waals surface area contributed by atoms with E-state index in [-0.39, 0.29) is 18.0 Å². The minimum Gasteiger partial charge on any atom is -0.508 e. The number of Topliss-reactive ketones (excluding diaryl/α,β-unsaturated/α-hetero) is 1. The lowest BCUT2D eigenvalue weighted by Crippen LogP contribution is -2.05. The molecule has 2 rings (SSSR count). The Morgan fingerprint density at radius 3 is 2.79 bits per heavy atom. The van der Waals surface area contributed by atoms with Crippen molar-refractivity contribution in [3.05, 3.63) is 60.2 Å². The van der Waals surface area contributed by atoms with Crippen molar-refractivity contribution in [1.82, 2.24) is 0 Å². The Kier molecular flexibility index (Phi) is 3.71. The molecule has 0 saturated heterocycles. The van der Waals surface area contributed by atoms with Gasteiger partial charge >= 0.3 is 0 Å². The van der Waals surface area contributed by atoms with E-state index in [1.54, 1.807) is 43.3 Å². The average molecular weight is 257 g/mol. The van der Waals surface area contributed by atoms with Crippen LogP contribution in [0.1, 0.15) is 22.7 Å². The molecule has 0 spiro atoms. The number of carbonyl (C=O) groups is 1. The lowest BCUT2D eigenvalue weighted by molar-refractivity contribution is 0.0965. The highest BCUT2D eigenvalue weighted by Crippen LogP contribution is 2.18. The third kappa shape index (κ3) is 3.48. The Labute approximate surface area is 111 Å². The first-order chi connectivity index (χ1) is 9.04. The summed E-state index contributed by atoms with van der Waals surface area (Å²) in [6.07, 6.45) is 0.141. The highest BCUT2D eigenvalue weighted by molar-refractivity contribution is 5.95. The van der Waals surface area contributed by atoms with Gasteiger partial charge in [-0.2, -0.15) is 0 Å². The summed E-state index contributed by atoms with van der Waals surface area (Å²) in [5.74, 6) is 1.06. The molecule has 0 atom stereocenters. The number of nitrogens with one attached hydrogen (secondary N) is 1. The van der Waals surface area contributed by atoms with E-state index in [0.717, 1.165) is 0 Å². The van der Waals surface area contributed by atoms with Gasteiger partial charge in [-0.05, 0) is 31.2 Å². The van der Waals surface area contributed by atoms with E-state index in [1.165, 1.54) is 0 Å². The van der Waals surface area contributed by atoms with Gasteiger partial charge in [-0.3, -0.25) is 4.79 Å². The van der Waals surface area contributed by atoms with Crippen molar-refractivity contribution >= 4 is 11.5 Å². The number of carbonyl (C=O) groups excluding carboxylic acids is 1. The molecule has 19 heavy (non-hydrogen) atoms. The summed E-state index contributed by atoms with van der Waals surface area (Å²) in [4.78, 5) is 11.9. The first kappa shape index (κ1) is 13.0. The SMILES string of the molecule is C=C(CC(=O)c1ccc(C)o1)Nc1cccc(O)c1. The monoisotopic (exact) mass is 257 g/mol. The quantitative estimate of drug-likeness (QED) is 0.805. The minimum absolute atomic E-state index is 0.134. The second-order valence-electron chi connectivity index (χ2n) is 4.29. The third-order valence-corrected chi connectivity index (χ3v) is 2.56. The molecule has 0 aliphatic rings. The van der Waals surface area contributed by atoms with Crippen molar-refractivity contribution < 1.29 is 14.3 Å². The second-order valence-corrected chi connectivity index (χ2v) is 4.29. The van der Waals surface area contributed by atoms with Gasteiger partial charge in [0.25, 0.3) is 0 Å². The van der Waals surface area contributed by atoms with Crippen molar-refractivity contribution in [2.45, 2.75) is 13.3 Å². The lowest BCUT2D eigenvalue weighted by atomic mass is 10.2. The first-order valence-corrected chi connectivity index (χ1v) is 5.88. The summed E-state index contributed by atoms with van der Waals surface area (Å²) in [5, 5.41) is 12.3. The van der Waals surface area contributed by atoms with Gasteiger partial charge in [-0.25, -0.2) is 0 Å². The van der Waals surface area contributed by atoms with E-state index >= 15 is 0 Å². The topological polar surface area (TPSA) is 62.5 Å². The molecule has 4 nitrogen and oxygen atoms in total. The summed E-state index contributed by atoms with van der Waals surface area (Å²) < 4.78 is 5.26. The summed E-state index contributed by atoms with van der Waals surface area (Å²) in [6.45, 7) is 5.58. The maximum atomic E-state index is 11.9. The molecule has 0 aliphatic carbocycles. The zero-order valence-electron chi connectivity index (χ0n) is 10.6. The van der Waals surface area contributed by atoms with Crippen molar-refractivity contribution in [3.8, 4) is 5.75 Å². The van der Waals surface area contributed by atoms with Crippen LogP contribution in [0.3, 0.4) is 0 Å². The van der Waals surface area contributed by atoms with Gasteiger partial charge in [0.05, 0.1) is 6.42 Å². The molecule has 0 bridgehead atoms. The average Bonchev–Trinajstić information content (AvgIpc) is 2.75. The van der Waals surface area contributed by atoms with Crippen molar-refractivity contribution in [2.75, 3.05) is 5.32 Å². The highest BCUT2D eigenvalue weighted by Gasteiger charge is 2.11. The van der Waals surface area contributed by atoms with Crippen LogP contribution in [-0.2, 0) is 0 Å². The molecule has 0 saturated carbocycles. The smallest absolute Gasteiger partial charge is 0.203 e. The fourth-order valence-corrected chi connectivity index (χ4v) is 1.70. The van der Waals surface area contributed by atoms with Crippen molar-refractivity contribution in [2.24, 2.45) is 0 Å². The maximum absolute atomic E-state index is 11.9. The Hall–Kier alpha value is -2.49. The molecule has 2 N–H and O–H groups in total. The molecule has 1 heterocycles. The number of hydrogen-bond acceptors (Lipinski definition) is 4. The predicted octanol–water partition coefficient (Wildman–Crippen LogP) is 3.49. The molecule has 2 aromatic rings. The highest BCUT2D eigenvalue weighted by atomic mass is 16.3. The van der Waals surface area contributed by atoms with Crippen molar-refractivity contribution in [1.29, 1.82) is 0 Å². The van der Waals surface area contributed by atoms with E-state index in [1.807, 2.05) is 0 Å². The standard InChI is InChI=1S/C15H15NO3/c1-10(16-12-4-3-5-13(17)9-12)8-14(18)15-7-6-11(2)19-15/h3-7,9,16-17H,1,8H2,2H3. The first-order valence-electron chi connectivity index (χ1n) is 5.88. The Bertz CT molecular complexity index is 613. The van der Waals surface area contributed by atoms with Gasteiger partial charge in [0.2, 0.25) is 5.78 Å². The molecular weight excluding hydrogens is 242 g/mol. The normalized spacial score (nSPS) is 10.2. The number of anilines is 1. The number of phenolic OH excluding ortho intramolecular Hbond substituents is 1. The number of aromatic hydroxyl groups is 1. The van der Waals surface area contributed by atoms with Gasteiger partial charge < -0.3 is 14.8 Å². The predicted molar refractivity (Wildman–Crippen MR) is 73.3 cm³/mol. The van der Waals surface area contributed by atoms with Gasteiger partial charge in [-0.1, -0.05) is 12.6 Å². The molecule has 98 valence electrons. The van der Waals surface area contributed by atoms with Crippen LogP contribution < -0.4 is 5.32 Å². The molecule has 0 radical (unpaired) electrons. The summed E-state index contributed by atoms with van der Waals surface area (Å²) >= 11 is 0. The van der Waals surface area contributed by atoms with Crippen LogP contribution in [0.15, 0.2) is 53.1 Å². The van der Waals surface area contributed by atoms with Gasteiger partial charge in [0.1, 0.15) is 11.5 Å². The zero-order valence-corrected chi connectivity index (χ0v) is 10.6. The fourth-order valence-electron chi connectivity index (χ4n) is 1.70. The number of rotatable bonds is 5. The molecule has 1 aromatic carbocycles. The maximum Gasteiger partial charge on any atom is 0.203 e. The van der Waals surface area contributed by atoms with Gasteiger partial charge in [0.15, 0.2) is 5.76 Å².